The first-order valence-electron chi connectivity index (χ1n) is 11.8. The Hall–Kier alpha value is -2.54. The second-order valence-corrected chi connectivity index (χ2v) is 17.2. The fourth-order valence-electron chi connectivity index (χ4n) is 3.82. The molecule has 1 atom stereocenters. The van der Waals surface area contributed by atoms with Crippen molar-refractivity contribution in [2.24, 2.45) is 0 Å². The van der Waals surface area contributed by atoms with E-state index in [9.17, 15) is 14.4 Å². The van der Waals surface area contributed by atoms with Gasteiger partial charge in [-0.25, -0.2) is 19.2 Å². The number of ether oxygens (including phenoxy) is 1. The molecule has 0 radical (unpaired) electrons. The van der Waals surface area contributed by atoms with Gasteiger partial charge in [-0.15, -0.1) is 0 Å². The molecule has 0 N–H and O–H groups in total. The Bertz CT molecular complexity index is 1230. The third-order valence-corrected chi connectivity index (χ3v) is 11.5. The van der Waals surface area contributed by atoms with Gasteiger partial charge in [-0.3, -0.25) is 4.90 Å². The van der Waals surface area contributed by atoms with Crippen LogP contribution in [0.25, 0.3) is 11.3 Å². The van der Waals surface area contributed by atoms with E-state index in [0.717, 1.165) is 6.20 Å². The van der Waals surface area contributed by atoms with Crippen LogP contribution in [-0.2, 0) is 14.6 Å². The fraction of sp³-hybridized carbons (Fsp3) is 0.538. The van der Waals surface area contributed by atoms with Crippen molar-refractivity contribution in [1.82, 2.24) is 9.97 Å². The quantitative estimate of drug-likeness (QED) is 0.316. The van der Waals surface area contributed by atoms with Gasteiger partial charge in [0.2, 0.25) is 5.28 Å². The van der Waals surface area contributed by atoms with Gasteiger partial charge in [0.05, 0.1) is 17.4 Å². The molecule has 0 fully saturated rings. The van der Waals surface area contributed by atoms with Crippen LogP contribution < -0.4 is 4.90 Å². The molecule has 1 aromatic heterocycles. The zero-order chi connectivity index (χ0) is 27.3. The number of carbonyl (C=O) groups excluding carboxylic acids is 1. The van der Waals surface area contributed by atoms with Gasteiger partial charge >= 0.3 is 6.09 Å². The lowest BCUT2D eigenvalue weighted by molar-refractivity contribution is 0.0575. The SMILES string of the molecule is CC(C)(C)OC(=O)N1C[C@](C)(CO[Si](C)(C)C(C)(C)C)c2cc(-c3nc(Cl)ncc3F)cc(C#N)c21. The number of halogens is 2. The zero-order valence-corrected chi connectivity index (χ0v) is 24.2. The van der Waals surface area contributed by atoms with Gasteiger partial charge in [0, 0.05) is 24.1 Å². The van der Waals surface area contributed by atoms with Crippen molar-refractivity contribution in [3.63, 3.8) is 0 Å². The summed E-state index contributed by atoms with van der Waals surface area (Å²) in [6.07, 6.45) is 0.441. The van der Waals surface area contributed by atoms with Gasteiger partial charge in [-0.05, 0) is 68.2 Å². The minimum absolute atomic E-state index is 0.0160. The molecule has 2 aromatic rings. The minimum Gasteiger partial charge on any atom is -0.443 e. The van der Waals surface area contributed by atoms with E-state index in [1.807, 2.05) is 6.92 Å². The molecule has 0 aliphatic carbocycles. The largest absolute Gasteiger partial charge is 0.443 e. The molecule has 1 aliphatic rings. The summed E-state index contributed by atoms with van der Waals surface area (Å²) >= 11 is 5.94. The zero-order valence-electron chi connectivity index (χ0n) is 22.4. The third-order valence-electron chi connectivity index (χ3n) is 6.82. The van der Waals surface area contributed by atoms with E-state index in [4.69, 9.17) is 20.8 Å². The highest BCUT2D eigenvalue weighted by atomic mass is 35.5. The normalized spacial score (nSPS) is 18.1. The smallest absolute Gasteiger partial charge is 0.414 e. The molecule has 36 heavy (non-hydrogen) atoms. The van der Waals surface area contributed by atoms with Crippen molar-refractivity contribution in [2.45, 2.75) is 77.6 Å². The first kappa shape index (κ1) is 28.0. The summed E-state index contributed by atoms with van der Waals surface area (Å²) in [7, 11) is -2.14. The lowest BCUT2D eigenvalue weighted by Gasteiger charge is -2.39. The summed E-state index contributed by atoms with van der Waals surface area (Å²) in [6.45, 7) is 18.7. The van der Waals surface area contributed by atoms with Crippen molar-refractivity contribution in [1.29, 1.82) is 5.26 Å². The van der Waals surface area contributed by atoms with Gasteiger partial charge in [0.15, 0.2) is 14.1 Å². The molecule has 7 nitrogen and oxygen atoms in total. The number of anilines is 1. The third kappa shape index (κ3) is 5.56. The summed E-state index contributed by atoms with van der Waals surface area (Å²) in [5, 5.41) is 9.94. The molecule has 0 spiro atoms. The number of rotatable bonds is 4. The second kappa shape index (κ2) is 9.40. The number of amides is 1. The average Bonchev–Trinajstić information content (AvgIpc) is 3.05. The molecule has 1 aliphatic heterocycles. The monoisotopic (exact) mass is 532 g/mol. The van der Waals surface area contributed by atoms with Gasteiger partial charge in [0.1, 0.15) is 17.4 Å². The highest BCUT2D eigenvalue weighted by Crippen LogP contribution is 2.47. The van der Waals surface area contributed by atoms with Crippen LogP contribution >= 0.6 is 11.6 Å². The maximum atomic E-state index is 14.7. The van der Waals surface area contributed by atoms with E-state index in [2.05, 4.69) is 49.9 Å². The molecule has 1 amide bonds. The summed E-state index contributed by atoms with van der Waals surface area (Å²) in [4.78, 5) is 22.5. The molecule has 0 saturated carbocycles. The summed E-state index contributed by atoms with van der Waals surface area (Å²) in [5.74, 6) is -0.663. The molecule has 10 heteroatoms. The van der Waals surface area contributed by atoms with E-state index in [-0.39, 0.29) is 28.1 Å². The van der Waals surface area contributed by atoms with E-state index < -0.39 is 31.2 Å². The molecule has 3 rings (SSSR count). The summed E-state index contributed by atoms with van der Waals surface area (Å²) < 4.78 is 26.9. The van der Waals surface area contributed by atoms with Crippen LogP contribution in [0, 0.1) is 17.1 Å². The van der Waals surface area contributed by atoms with Crippen LogP contribution in [0.1, 0.15) is 59.6 Å². The Morgan fingerprint density at radius 2 is 1.92 bits per heavy atom. The van der Waals surface area contributed by atoms with Crippen LogP contribution in [0.4, 0.5) is 14.9 Å². The number of aromatic nitrogens is 2. The molecule has 194 valence electrons. The van der Waals surface area contributed by atoms with Gasteiger partial charge in [-0.2, -0.15) is 5.26 Å². The maximum absolute atomic E-state index is 14.7. The molecule has 0 bridgehead atoms. The number of hydrogen-bond donors (Lipinski definition) is 0. The summed E-state index contributed by atoms with van der Waals surface area (Å²) in [5.41, 5.74) is 0.290. The number of hydrogen-bond acceptors (Lipinski definition) is 6. The second-order valence-electron chi connectivity index (χ2n) is 12.0. The predicted octanol–water partition coefficient (Wildman–Crippen LogP) is 6.84. The van der Waals surface area contributed by atoms with Crippen LogP contribution in [0.5, 0.6) is 0 Å². The molecule has 1 aromatic carbocycles. The van der Waals surface area contributed by atoms with Crippen molar-refractivity contribution in [3.05, 3.63) is 40.6 Å². The number of fused-ring (bicyclic) bond motifs is 1. The number of nitriles is 1. The van der Waals surface area contributed by atoms with E-state index >= 15 is 0 Å². The van der Waals surface area contributed by atoms with Gasteiger partial charge < -0.3 is 9.16 Å². The Morgan fingerprint density at radius 3 is 2.47 bits per heavy atom. The Balaban J connectivity index is 2.19. The first-order valence-corrected chi connectivity index (χ1v) is 15.1. The van der Waals surface area contributed by atoms with Gasteiger partial charge in [-0.1, -0.05) is 27.7 Å². The Morgan fingerprint density at radius 1 is 1.28 bits per heavy atom. The Labute approximate surface area is 218 Å². The van der Waals surface area contributed by atoms with Crippen molar-refractivity contribution in [3.8, 4) is 17.3 Å². The van der Waals surface area contributed by atoms with E-state index in [1.54, 1.807) is 26.8 Å². The van der Waals surface area contributed by atoms with E-state index in [1.165, 1.54) is 11.0 Å². The topological polar surface area (TPSA) is 88.3 Å². The Kier molecular flexibility index (Phi) is 7.32. The predicted molar refractivity (Wildman–Crippen MR) is 141 cm³/mol. The molecule has 0 saturated heterocycles. The van der Waals surface area contributed by atoms with Crippen LogP contribution in [0.2, 0.25) is 23.4 Å². The number of nitrogens with zero attached hydrogens (tertiary/aromatic N) is 4. The highest BCUT2D eigenvalue weighted by Gasteiger charge is 2.47. The molecule has 0 unspecified atom stereocenters. The van der Waals surface area contributed by atoms with Crippen LogP contribution in [0.15, 0.2) is 18.3 Å². The molecular weight excluding hydrogens is 499 g/mol. The lowest BCUT2D eigenvalue weighted by Crippen LogP contribution is -2.46. The highest BCUT2D eigenvalue weighted by molar-refractivity contribution is 6.74. The lowest BCUT2D eigenvalue weighted by atomic mass is 9.83. The van der Waals surface area contributed by atoms with E-state index in [0.29, 0.717) is 23.4 Å². The number of benzene rings is 1. The van der Waals surface area contributed by atoms with Crippen molar-refractivity contribution >= 4 is 31.7 Å². The van der Waals surface area contributed by atoms with Crippen molar-refractivity contribution < 1.29 is 18.3 Å². The van der Waals surface area contributed by atoms with Crippen LogP contribution in [0.3, 0.4) is 0 Å². The van der Waals surface area contributed by atoms with Gasteiger partial charge in [0.25, 0.3) is 0 Å². The molecular formula is C26H34ClFN4O3Si. The average molecular weight is 533 g/mol. The minimum atomic E-state index is -2.14. The molecule has 2 heterocycles. The summed E-state index contributed by atoms with van der Waals surface area (Å²) in [6, 6.07) is 5.45. The number of carbonyl (C=O) groups is 1. The van der Waals surface area contributed by atoms with Crippen molar-refractivity contribution in [2.75, 3.05) is 18.1 Å². The first-order chi connectivity index (χ1) is 16.4. The standard InChI is InChI=1S/C26H34ClFN4O3Si/c1-24(2,3)35-23(33)32-14-26(7,15-34-36(8,9)25(4,5)6)18-11-16(10-17(12-29)21(18)32)20-19(28)13-30-22(27)31-20/h10-11,13H,14-15H2,1-9H3/t26-/m1/s1. The maximum Gasteiger partial charge on any atom is 0.414 e. The van der Waals surface area contributed by atoms with Crippen LogP contribution in [-0.4, -0.2) is 43.1 Å². The fourth-order valence-corrected chi connectivity index (χ4v) is 5.07.